The van der Waals surface area contributed by atoms with Crippen LogP contribution in [0.1, 0.15) is 39.9 Å². The van der Waals surface area contributed by atoms with E-state index in [2.05, 4.69) is 5.32 Å². The van der Waals surface area contributed by atoms with Crippen LogP contribution in [0.4, 0.5) is 11.4 Å². The third-order valence-corrected chi connectivity index (χ3v) is 5.39. The van der Waals surface area contributed by atoms with Gasteiger partial charge >= 0.3 is 0 Å². The Morgan fingerprint density at radius 2 is 1.92 bits per heavy atom. The first-order valence-corrected chi connectivity index (χ1v) is 8.56. The number of carbonyl (C=O) groups is 1. The maximum absolute atomic E-state index is 11.6. The maximum atomic E-state index is 11.6. The normalized spacial score (nSPS) is 23.0. The molecule has 0 fully saturated rings. The lowest BCUT2D eigenvalue weighted by molar-refractivity contribution is -0.385. The number of nitro benzene ring substituents is 1. The third-order valence-electron chi connectivity index (χ3n) is 5.14. The Hall–Kier alpha value is -2.86. The lowest BCUT2D eigenvalue weighted by atomic mass is 9.75. The number of anilines is 1. The zero-order valence-corrected chi connectivity index (χ0v) is 14.3. The minimum Gasteiger partial charge on any atom is -0.545 e. The second-order valence-electron chi connectivity index (χ2n) is 6.49. The number of aromatic carboxylic acids is 1. The van der Waals surface area contributed by atoms with Crippen molar-refractivity contribution in [1.82, 2.24) is 0 Å². The number of fused-ring (bicyclic) bond motifs is 3. The molecule has 2 aromatic rings. The average molecular weight is 370 g/mol. The molecule has 3 atom stereocenters. The van der Waals surface area contributed by atoms with E-state index in [1.54, 1.807) is 12.1 Å². The minimum absolute atomic E-state index is 0.0550. The van der Waals surface area contributed by atoms with Gasteiger partial charge in [-0.3, -0.25) is 10.1 Å². The molecule has 1 N–H and O–H groups in total. The van der Waals surface area contributed by atoms with Gasteiger partial charge in [0.05, 0.1) is 28.2 Å². The van der Waals surface area contributed by atoms with Gasteiger partial charge in [-0.1, -0.05) is 35.9 Å². The molecular weight excluding hydrogens is 356 g/mol. The molecule has 0 bridgehead atoms. The molecule has 2 aromatic carbocycles. The second-order valence-corrected chi connectivity index (χ2v) is 6.93. The number of carbonyl (C=O) groups excluding carboxylic acids is 1. The number of hydrogen-bond donors (Lipinski definition) is 1. The monoisotopic (exact) mass is 369 g/mol. The number of allylic oxidation sites excluding steroid dienone is 2. The number of nitro groups is 1. The van der Waals surface area contributed by atoms with Crippen LogP contribution in [0.5, 0.6) is 0 Å². The van der Waals surface area contributed by atoms with Crippen LogP contribution in [0, 0.1) is 16.0 Å². The number of rotatable bonds is 3. The summed E-state index contributed by atoms with van der Waals surface area (Å²) in [5, 5.41) is 26.9. The van der Waals surface area contributed by atoms with Crippen molar-refractivity contribution in [2.75, 3.05) is 5.32 Å². The molecule has 0 amide bonds. The molecule has 6 nitrogen and oxygen atoms in total. The molecule has 1 heterocycles. The Labute approximate surface area is 154 Å². The van der Waals surface area contributed by atoms with E-state index < -0.39 is 10.9 Å². The smallest absolute Gasteiger partial charge is 0.275 e. The van der Waals surface area contributed by atoms with Gasteiger partial charge in [-0.25, -0.2) is 0 Å². The Bertz CT molecular complexity index is 939. The van der Waals surface area contributed by atoms with Crippen molar-refractivity contribution < 1.29 is 14.8 Å². The SMILES string of the molecule is O=C([O-])c1ccc([N+](=O)[O-])c2c1N[C@H](c1ccc(Cl)cc1)[C@@H]1CC=C[C@@H]21. The van der Waals surface area contributed by atoms with Gasteiger partial charge in [0.2, 0.25) is 0 Å². The minimum atomic E-state index is -1.36. The van der Waals surface area contributed by atoms with Gasteiger partial charge in [0.25, 0.3) is 5.69 Å². The fraction of sp³-hybridized carbons (Fsp3) is 0.211. The summed E-state index contributed by atoms with van der Waals surface area (Å²) >= 11 is 5.97. The summed E-state index contributed by atoms with van der Waals surface area (Å²) in [6, 6.07) is 9.62. The molecule has 2 aliphatic rings. The molecule has 1 aliphatic heterocycles. The van der Waals surface area contributed by atoms with E-state index in [9.17, 15) is 20.0 Å². The van der Waals surface area contributed by atoms with Crippen LogP contribution >= 0.6 is 11.6 Å². The van der Waals surface area contributed by atoms with Gasteiger partial charge < -0.3 is 15.2 Å². The summed E-state index contributed by atoms with van der Waals surface area (Å²) in [7, 11) is 0. The molecule has 26 heavy (non-hydrogen) atoms. The highest BCUT2D eigenvalue weighted by molar-refractivity contribution is 6.30. The molecule has 4 rings (SSSR count). The molecular formula is C19H14ClN2O4-. The van der Waals surface area contributed by atoms with Gasteiger partial charge in [-0.05, 0) is 36.1 Å². The Balaban J connectivity index is 1.91. The first kappa shape index (κ1) is 16.6. The zero-order chi connectivity index (χ0) is 18.4. The molecule has 132 valence electrons. The summed E-state index contributed by atoms with van der Waals surface area (Å²) in [4.78, 5) is 22.6. The molecule has 0 saturated carbocycles. The number of hydrogen-bond acceptors (Lipinski definition) is 5. The van der Waals surface area contributed by atoms with Gasteiger partial charge in [0.15, 0.2) is 0 Å². The van der Waals surface area contributed by atoms with Crippen molar-refractivity contribution in [1.29, 1.82) is 0 Å². The van der Waals surface area contributed by atoms with Gasteiger partial charge in [-0.2, -0.15) is 0 Å². The van der Waals surface area contributed by atoms with Crippen LogP contribution in [0.25, 0.3) is 0 Å². The number of benzene rings is 2. The van der Waals surface area contributed by atoms with Crippen LogP contribution in [-0.2, 0) is 0 Å². The number of nitrogens with one attached hydrogen (secondary N) is 1. The van der Waals surface area contributed by atoms with E-state index >= 15 is 0 Å². The fourth-order valence-corrected chi connectivity index (χ4v) is 4.15. The largest absolute Gasteiger partial charge is 0.545 e. The molecule has 0 unspecified atom stereocenters. The van der Waals surface area contributed by atoms with Crippen molar-refractivity contribution in [2.24, 2.45) is 5.92 Å². The van der Waals surface area contributed by atoms with E-state index in [0.29, 0.717) is 10.6 Å². The highest BCUT2D eigenvalue weighted by Gasteiger charge is 2.42. The predicted molar refractivity (Wildman–Crippen MR) is 95.2 cm³/mol. The molecule has 0 radical (unpaired) electrons. The molecule has 0 aromatic heterocycles. The maximum Gasteiger partial charge on any atom is 0.275 e. The predicted octanol–water partition coefficient (Wildman–Crippen LogP) is 3.44. The van der Waals surface area contributed by atoms with Gasteiger partial charge in [0, 0.05) is 22.6 Å². The lowest BCUT2D eigenvalue weighted by Crippen LogP contribution is -2.33. The van der Waals surface area contributed by atoms with Gasteiger partial charge in [0.1, 0.15) is 0 Å². The number of nitrogens with zero attached hydrogens (tertiary/aromatic N) is 1. The molecule has 0 saturated heterocycles. The van der Waals surface area contributed by atoms with Crippen LogP contribution in [0.2, 0.25) is 5.02 Å². The summed E-state index contributed by atoms with van der Waals surface area (Å²) < 4.78 is 0. The van der Waals surface area contributed by atoms with Crippen molar-refractivity contribution in [2.45, 2.75) is 18.4 Å². The Kier molecular flexibility index (Phi) is 3.92. The highest BCUT2D eigenvalue weighted by Crippen LogP contribution is 2.53. The number of halogens is 1. The Morgan fingerprint density at radius 1 is 1.19 bits per heavy atom. The fourth-order valence-electron chi connectivity index (χ4n) is 4.02. The van der Waals surface area contributed by atoms with Crippen LogP contribution in [-0.4, -0.2) is 10.9 Å². The topological polar surface area (TPSA) is 95.3 Å². The molecule has 0 spiro atoms. The third kappa shape index (κ3) is 2.54. The van der Waals surface area contributed by atoms with E-state index in [4.69, 9.17) is 11.6 Å². The molecule has 1 aliphatic carbocycles. The summed E-state index contributed by atoms with van der Waals surface area (Å²) in [6.07, 6.45) is 4.67. The quantitative estimate of drug-likeness (QED) is 0.508. The van der Waals surface area contributed by atoms with Crippen molar-refractivity contribution >= 4 is 28.9 Å². The van der Waals surface area contributed by atoms with Crippen molar-refractivity contribution in [3.8, 4) is 0 Å². The van der Waals surface area contributed by atoms with Crippen molar-refractivity contribution in [3.05, 3.63) is 80.4 Å². The summed E-state index contributed by atoms with van der Waals surface area (Å²) in [5.74, 6) is -1.54. The lowest BCUT2D eigenvalue weighted by Gasteiger charge is -2.38. The van der Waals surface area contributed by atoms with Crippen molar-refractivity contribution in [3.63, 3.8) is 0 Å². The number of carboxylic acid groups (broad SMARTS) is 1. The summed E-state index contributed by atoms with van der Waals surface area (Å²) in [5.41, 5.74) is 1.50. The van der Waals surface area contributed by atoms with Gasteiger partial charge in [-0.15, -0.1) is 0 Å². The first-order chi connectivity index (χ1) is 12.5. The van der Waals surface area contributed by atoms with E-state index in [1.807, 2.05) is 24.3 Å². The van der Waals surface area contributed by atoms with E-state index in [-0.39, 0.29) is 34.8 Å². The first-order valence-electron chi connectivity index (χ1n) is 8.18. The number of carboxylic acids is 1. The van der Waals surface area contributed by atoms with Crippen LogP contribution in [0.3, 0.4) is 0 Å². The Morgan fingerprint density at radius 3 is 2.58 bits per heavy atom. The highest BCUT2D eigenvalue weighted by atomic mass is 35.5. The zero-order valence-electron chi connectivity index (χ0n) is 13.5. The summed E-state index contributed by atoms with van der Waals surface area (Å²) in [6.45, 7) is 0. The van der Waals surface area contributed by atoms with Crippen LogP contribution < -0.4 is 10.4 Å². The molecule has 7 heteroatoms. The van der Waals surface area contributed by atoms with E-state index in [1.165, 1.54) is 12.1 Å². The standard InChI is InChI=1S/C19H15ClN2O4/c20-11-6-4-10(5-7-11)17-13-3-1-2-12(13)16-15(22(25)26)9-8-14(19(23)24)18(16)21-17/h1-2,4-9,12-13,17,21H,3H2,(H,23,24)/p-1/t12-,13-,17-/m1/s1. The van der Waals surface area contributed by atoms with E-state index in [0.717, 1.165) is 12.0 Å². The second kappa shape index (κ2) is 6.14. The van der Waals surface area contributed by atoms with Crippen LogP contribution in [0.15, 0.2) is 48.6 Å². The average Bonchev–Trinajstić information content (AvgIpc) is 3.10.